The molecule has 2 aromatic carbocycles. The van der Waals surface area contributed by atoms with Gasteiger partial charge in [0.05, 0.1) is 26.8 Å². The molecule has 1 aliphatic rings. The van der Waals surface area contributed by atoms with Crippen LogP contribution in [0.25, 0.3) is 5.76 Å². The number of H-pyrrole nitrogens is 1. The number of hydrogen-bond acceptors (Lipinski definition) is 5. The molecule has 0 radical (unpaired) electrons. The van der Waals surface area contributed by atoms with Gasteiger partial charge in [-0.25, -0.2) is 8.96 Å². The van der Waals surface area contributed by atoms with Crippen LogP contribution in [0.15, 0.2) is 66.8 Å². The minimum absolute atomic E-state index is 0.120. The van der Waals surface area contributed by atoms with Crippen molar-refractivity contribution in [2.75, 3.05) is 20.8 Å². The Labute approximate surface area is 195 Å². The smallest absolute Gasteiger partial charge is 0.295 e. The van der Waals surface area contributed by atoms with E-state index in [4.69, 9.17) is 9.47 Å². The lowest BCUT2D eigenvalue weighted by molar-refractivity contribution is -0.695. The van der Waals surface area contributed by atoms with Gasteiger partial charge in [-0.1, -0.05) is 17.9 Å². The third-order valence-corrected chi connectivity index (χ3v) is 5.79. The van der Waals surface area contributed by atoms with Crippen LogP contribution in [-0.4, -0.2) is 42.3 Å². The molecular weight excluding hydrogens is 441 g/mol. The first-order valence-electron chi connectivity index (χ1n) is 10.7. The number of carbonyl (C=O) groups is 2. The average molecular weight is 465 g/mol. The standard InChI is InChI=1S/C25H24FN3O5/c1-33-18-8-9-20(34-2)19(14-18)22-21(23(30)16-4-6-17(26)7-5-16)24(31)25(32)29(22)12-3-11-28-13-10-27-15-28/h4-10,13-15,22H,3,11-12H2,1-2H3,(H,30,31). The highest BCUT2D eigenvalue weighted by Crippen LogP contribution is 2.43. The molecule has 0 bridgehead atoms. The summed E-state index contributed by atoms with van der Waals surface area (Å²) in [5.74, 6) is -1.89. The number of likely N-dealkylation sites (tertiary alicyclic amines) is 1. The van der Waals surface area contributed by atoms with E-state index in [-0.39, 0.29) is 17.7 Å². The number of aryl methyl sites for hydroxylation is 1. The van der Waals surface area contributed by atoms with Crippen LogP contribution >= 0.6 is 0 Å². The maximum Gasteiger partial charge on any atom is 0.295 e. The highest BCUT2D eigenvalue weighted by Gasteiger charge is 2.45. The fourth-order valence-electron chi connectivity index (χ4n) is 4.12. The number of imidazole rings is 1. The van der Waals surface area contributed by atoms with Crippen LogP contribution in [0.5, 0.6) is 11.5 Å². The summed E-state index contributed by atoms with van der Waals surface area (Å²) in [6, 6.07) is 8.91. The lowest BCUT2D eigenvalue weighted by atomic mass is 9.94. The molecule has 2 heterocycles. The van der Waals surface area contributed by atoms with Crippen molar-refractivity contribution in [1.29, 1.82) is 0 Å². The van der Waals surface area contributed by atoms with Crippen LogP contribution in [0, 0.1) is 5.82 Å². The molecule has 4 rings (SSSR count). The van der Waals surface area contributed by atoms with Gasteiger partial charge < -0.3 is 19.5 Å². The molecule has 34 heavy (non-hydrogen) atoms. The Bertz CT molecular complexity index is 1220. The zero-order chi connectivity index (χ0) is 24.2. The summed E-state index contributed by atoms with van der Waals surface area (Å²) in [5.41, 5.74) is 0.382. The molecule has 9 heteroatoms. The van der Waals surface area contributed by atoms with Gasteiger partial charge in [-0.15, -0.1) is 0 Å². The molecule has 1 amide bonds. The first-order chi connectivity index (χ1) is 16.4. The van der Waals surface area contributed by atoms with Gasteiger partial charge in [-0.3, -0.25) is 14.6 Å². The summed E-state index contributed by atoms with van der Waals surface area (Å²) < 4.78 is 26.2. The summed E-state index contributed by atoms with van der Waals surface area (Å²) in [7, 11) is 2.97. The largest absolute Gasteiger partial charge is 0.872 e. The van der Waals surface area contributed by atoms with Gasteiger partial charge >= 0.3 is 0 Å². The number of rotatable bonds is 8. The predicted molar refractivity (Wildman–Crippen MR) is 118 cm³/mol. The minimum Gasteiger partial charge on any atom is -0.872 e. The number of hydrogen-bond donors (Lipinski definition) is 1. The maximum absolute atomic E-state index is 13.4. The molecule has 1 saturated heterocycles. The zero-order valence-electron chi connectivity index (χ0n) is 18.8. The van der Waals surface area contributed by atoms with E-state index in [0.29, 0.717) is 30.0 Å². The van der Waals surface area contributed by atoms with Gasteiger partial charge in [-0.05, 0) is 35.9 Å². The van der Waals surface area contributed by atoms with Crippen molar-refractivity contribution in [3.8, 4) is 11.5 Å². The number of halogens is 1. The van der Waals surface area contributed by atoms with Crippen molar-refractivity contribution in [3.05, 3.63) is 83.7 Å². The van der Waals surface area contributed by atoms with E-state index >= 15 is 0 Å². The quantitative estimate of drug-likeness (QED) is 0.237. The number of ether oxygens (including phenoxy) is 2. The Morgan fingerprint density at radius 1 is 1.15 bits per heavy atom. The first-order valence-corrected chi connectivity index (χ1v) is 10.7. The molecule has 1 atom stereocenters. The van der Waals surface area contributed by atoms with Gasteiger partial charge in [0.15, 0.2) is 0 Å². The van der Waals surface area contributed by atoms with Crippen LogP contribution in [0.1, 0.15) is 23.6 Å². The number of benzene rings is 2. The second-order valence-corrected chi connectivity index (χ2v) is 7.79. The lowest BCUT2D eigenvalue weighted by Crippen LogP contribution is -2.36. The number of ketones is 1. The number of aromatic amines is 1. The summed E-state index contributed by atoms with van der Waals surface area (Å²) in [4.78, 5) is 30.6. The summed E-state index contributed by atoms with van der Waals surface area (Å²) in [5, 5.41) is 13.4. The van der Waals surface area contributed by atoms with Crippen LogP contribution < -0.4 is 19.1 Å². The molecule has 176 valence electrons. The second-order valence-electron chi connectivity index (χ2n) is 7.79. The fraction of sp³-hybridized carbons (Fsp3) is 0.240. The topological polar surface area (TPSA) is 98.6 Å². The van der Waals surface area contributed by atoms with E-state index in [2.05, 4.69) is 4.98 Å². The first kappa shape index (κ1) is 23.0. The Morgan fingerprint density at radius 3 is 2.56 bits per heavy atom. The van der Waals surface area contributed by atoms with Crippen LogP contribution in [0.2, 0.25) is 0 Å². The van der Waals surface area contributed by atoms with Crippen molar-refractivity contribution in [1.82, 2.24) is 9.88 Å². The van der Waals surface area contributed by atoms with E-state index in [0.717, 1.165) is 12.1 Å². The number of aromatic nitrogens is 2. The SMILES string of the molecule is COc1ccc(OC)c(C2C(=C([O-])c3ccc(F)cc3)C(=O)C(=O)N2CCC[n+]2cc[nH]c2)c1. The van der Waals surface area contributed by atoms with Gasteiger partial charge in [0, 0.05) is 24.1 Å². The third-order valence-electron chi connectivity index (χ3n) is 5.79. The van der Waals surface area contributed by atoms with E-state index < -0.39 is 29.3 Å². The molecule has 1 aliphatic heterocycles. The number of nitrogens with zero attached hydrogens (tertiary/aromatic N) is 2. The number of carbonyl (C=O) groups excluding carboxylic acids is 2. The van der Waals surface area contributed by atoms with E-state index in [1.165, 1.54) is 31.3 Å². The number of nitrogens with one attached hydrogen (secondary N) is 1. The van der Waals surface area contributed by atoms with Crippen molar-refractivity contribution >= 4 is 17.4 Å². The monoisotopic (exact) mass is 465 g/mol. The van der Waals surface area contributed by atoms with Crippen LogP contribution in [0.3, 0.4) is 0 Å². The number of methoxy groups -OCH3 is 2. The highest BCUT2D eigenvalue weighted by atomic mass is 19.1. The molecule has 0 aliphatic carbocycles. The second kappa shape index (κ2) is 9.78. The van der Waals surface area contributed by atoms with Gasteiger partial charge in [-0.2, -0.15) is 0 Å². The molecule has 1 aromatic heterocycles. The molecule has 0 spiro atoms. The van der Waals surface area contributed by atoms with E-state index in [1.54, 1.807) is 30.7 Å². The third kappa shape index (κ3) is 4.36. The lowest BCUT2D eigenvalue weighted by Gasteiger charge is -2.28. The molecule has 0 saturated carbocycles. The Balaban J connectivity index is 1.81. The molecule has 1 N–H and O–H groups in total. The Kier molecular flexibility index (Phi) is 6.62. The fourth-order valence-corrected chi connectivity index (χ4v) is 4.12. The van der Waals surface area contributed by atoms with Gasteiger partial charge in [0.1, 0.15) is 29.7 Å². The molecule has 1 fully saturated rings. The normalized spacial score (nSPS) is 17.3. The van der Waals surface area contributed by atoms with Crippen molar-refractivity contribution < 1.29 is 33.1 Å². The summed E-state index contributed by atoms with van der Waals surface area (Å²) in [6.45, 7) is 0.832. The Hall–Kier alpha value is -4.14. The molecule has 8 nitrogen and oxygen atoms in total. The maximum atomic E-state index is 13.4. The molecule has 1 unspecified atom stereocenters. The Morgan fingerprint density at radius 2 is 1.91 bits per heavy atom. The highest BCUT2D eigenvalue weighted by molar-refractivity contribution is 6.46. The number of Topliss-reactive ketones (excluding diaryl/α,β-unsaturated/α-hetero) is 1. The average Bonchev–Trinajstić information content (AvgIpc) is 3.46. The van der Waals surface area contributed by atoms with Gasteiger partial charge in [0.2, 0.25) is 12.1 Å². The van der Waals surface area contributed by atoms with Crippen molar-refractivity contribution in [2.24, 2.45) is 0 Å². The van der Waals surface area contributed by atoms with Crippen molar-refractivity contribution in [2.45, 2.75) is 19.0 Å². The van der Waals surface area contributed by atoms with Gasteiger partial charge in [0.25, 0.3) is 5.91 Å². The molecular formula is C25H24FN3O5. The predicted octanol–water partition coefficient (Wildman–Crippen LogP) is 1.77. The zero-order valence-corrected chi connectivity index (χ0v) is 18.8. The van der Waals surface area contributed by atoms with Crippen LogP contribution in [-0.2, 0) is 16.1 Å². The molecule has 3 aromatic rings. The van der Waals surface area contributed by atoms with E-state index in [1.807, 2.05) is 10.8 Å². The number of amides is 1. The van der Waals surface area contributed by atoms with Crippen molar-refractivity contribution in [3.63, 3.8) is 0 Å². The minimum atomic E-state index is -0.973. The van der Waals surface area contributed by atoms with E-state index in [9.17, 15) is 19.1 Å². The van der Waals surface area contributed by atoms with Crippen LogP contribution in [0.4, 0.5) is 4.39 Å². The summed E-state index contributed by atoms with van der Waals surface area (Å²) >= 11 is 0. The summed E-state index contributed by atoms with van der Waals surface area (Å²) in [6.07, 6.45) is 5.97.